The minimum atomic E-state index is -0.797. The van der Waals surface area contributed by atoms with E-state index in [1.165, 1.54) is 30.0 Å². The fraction of sp³-hybridized carbons (Fsp3) is 0.333. The molecule has 0 aliphatic carbocycles. The Hall–Kier alpha value is -1.66. The van der Waals surface area contributed by atoms with Gasteiger partial charge in [-0.1, -0.05) is 25.1 Å². The van der Waals surface area contributed by atoms with Gasteiger partial charge in [-0.05, 0) is 37.1 Å². The number of aryl methyl sites for hydroxylation is 1. The summed E-state index contributed by atoms with van der Waals surface area (Å²) in [6.07, 6.45) is 0.828. The van der Waals surface area contributed by atoms with E-state index in [0.717, 1.165) is 18.5 Å². The van der Waals surface area contributed by atoms with Crippen LogP contribution in [0.4, 0.5) is 4.39 Å². The van der Waals surface area contributed by atoms with E-state index in [9.17, 15) is 14.3 Å². The molecule has 0 saturated carbocycles. The molecule has 2 N–H and O–H groups in total. The van der Waals surface area contributed by atoms with E-state index in [4.69, 9.17) is 0 Å². The summed E-state index contributed by atoms with van der Waals surface area (Å²) in [6, 6.07) is 5.67. The van der Waals surface area contributed by atoms with Gasteiger partial charge in [0, 0.05) is 16.7 Å². The Labute approximate surface area is 126 Å². The molecule has 0 unspecified atom stereocenters. The number of rotatable bonds is 5. The summed E-state index contributed by atoms with van der Waals surface area (Å²) in [6.45, 7) is 3.59. The fourth-order valence-electron chi connectivity index (χ4n) is 1.96. The average Bonchev–Trinajstić information content (AvgIpc) is 2.40. The molecule has 0 aliphatic heterocycles. The van der Waals surface area contributed by atoms with Crippen molar-refractivity contribution in [1.29, 1.82) is 0 Å². The summed E-state index contributed by atoms with van der Waals surface area (Å²) in [4.78, 5) is 19.3. The van der Waals surface area contributed by atoms with Gasteiger partial charge < -0.3 is 10.1 Å². The molecule has 1 atom stereocenters. The van der Waals surface area contributed by atoms with Crippen LogP contribution in [-0.2, 0) is 6.42 Å². The van der Waals surface area contributed by atoms with Gasteiger partial charge in [0.25, 0.3) is 5.56 Å². The summed E-state index contributed by atoms with van der Waals surface area (Å²) in [5.41, 5.74) is 0.990. The number of nitrogens with one attached hydrogen (secondary N) is 1. The van der Waals surface area contributed by atoms with Crippen LogP contribution in [0.15, 0.2) is 39.1 Å². The molecular formula is C15H17FN2O2S. The standard InChI is InChI=1S/C15H17FN2O2S/c1-3-4-11-8-14(20)18-15(17-11)21-13-6-5-10(16)7-12(13)9(2)19/h5-9,19H,3-4H2,1-2H3,(H,17,18,20)/t9-/m0/s1. The number of nitrogens with zero attached hydrogens (tertiary/aromatic N) is 1. The van der Waals surface area contributed by atoms with Crippen LogP contribution < -0.4 is 5.56 Å². The maximum Gasteiger partial charge on any atom is 0.251 e. The Kier molecular flexibility index (Phi) is 5.14. The van der Waals surface area contributed by atoms with Crippen molar-refractivity contribution in [3.05, 3.63) is 51.7 Å². The van der Waals surface area contributed by atoms with E-state index < -0.39 is 11.9 Å². The number of aliphatic hydroxyl groups is 1. The predicted molar refractivity (Wildman–Crippen MR) is 80.0 cm³/mol. The number of aromatic amines is 1. The third-order valence-electron chi connectivity index (χ3n) is 2.91. The highest BCUT2D eigenvalue weighted by Gasteiger charge is 2.12. The van der Waals surface area contributed by atoms with Crippen molar-refractivity contribution in [2.75, 3.05) is 0 Å². The Balaban J connectivity index is 2.36. The van der Waals surface area contributed by atoms with Gasteiger partial charge in [-0.25, -0.2) is 9.37 Å². The zero-order valence-corrected chi connectivity index (χ0v) is 12.7. The second-order valence-corrected chi connectivity index (χ2v) is 5.78. The molecule has 0 fully saturated rings. The van der Waals surface area contributed by atoms with Crippen molar-refractivity contribution in [1.82, 2.24) is 9.97 Å². The minimum Gasteiger partial charge on any atom is -0.389 e. The van der Waals surface area contributed by atoms with Crippen molar-refractivity contribution >= 4 is 11.8 Å². The highest BCUT2D eigenvalue weighted by molar-refractivity contribution is 7.99. The molecule has 2 rings (SSSR count). The molecule has 0 aliphatic rings. The normalized spacial score (nSPS) is 12.4. The number of halogens is 1. The van der Waals surface area contributed by atoms with Gasteiger partial charge in [0.2, 0.25) is 0 Å². The van der Waals surface area contributed by atoms with Crippen LogP contribution >= 0.6 is 11.8 Å². The number of aromatic nitrogens is 2. The number of aliphatic hydroxyl groups excluding tert-OH is 1. The van der Waals surface area contributed by atoms with Crippen molar-refractivity contribution < 1.29 is 9.50 Å². The van der Waals surface area contributed by atoms with Crippen LogP contribution in [-0.4, -0.2) is 15.1 Å². The van der Waals surface area contributed by atoms with E-state index in [1.54, 1.807) is 13.0 Å². The first kappa shape index (κ1) is 15.7. The quantitative estimate of drug-likeness (QED) is 0.833. The molecule has 1 aromatic carbocycles. The van der Waals surface area contributed by atoms with Gasteiger partial charge in [-0.15, -0.1) is 0 Å². The van der Waals surface area contributed by atoms with Gasteiger partial charge in [-0.2, -0.15) is 0 Å². The van der Waals surface area contributed by atoms with Crippen molar-refractivity contribution in [3.8, 4) is 0 Å². The molecule has 0 amide bonds. The molecule has 112 valence electrons. The third-order valence-corrected chi connectivity index (χ3v) is 3.89. The molecule has 21 heavy (non-hydrogen) atoms. The zero-order valence-electron chi connectivity index (χ0n) is 11.9. The third kappa shape index (κ3) is 4.15. The summed E-state index contributed by atoms with van der Waals surface area (Å²) in [5.74, 6) is -0.406. The maximum absolute atomic E-state index is 13.3. The van der Waals surface area contributed by atoms with E-state index >= 15 is 0 Å². The summed E-state index contributed by atoms with van der Waals surface area (Å²) < 4.78 is 13.3. The number of hydrogen-bond acceptors (Lipinski definition) is 4. The highest BCUT2D eigenvalue weighted by atomic mass is 32.2. The van der Waals surface area contributed by atoms with Gasteiger partial charge in [-0.3, -0.25) is 4.79 Å². The monoisotopic (exact) mass is 308 g/mol. The van der Waals surface area contributed by atoms with E-state index in [1.807, 2.05) is 6.92 Å². The lowest BCUT2D eigenvalue weighted by Gasteiger charge is -2.11. The number of hydrogen-bond donors (Lipinski definition) is 2. The number of benzene rings is 1. The first-order valence-corrected chi connectivity index (χ1v) is 7.57. The van der Waals surface area contributed by atoms with Crippen LogP contribution in [0.25, 0.3) is 0 Å². The summed E-state index contributed by atoms with van der Waals surface area (Å²) >= 11 is 1.21. The van der Waals surface area contributed by atoms with Crippen molar-refractivity contribution in [2.45, 2.75) is 42.8 Å². The molecule has 6 heteroatoms. The smallest absolute Gasteiger partial charge is 0.251 e. The zero-order chi connectivity index (χ0) is 15.4. The first-order valence-electron chi connectivity index (χ1n) is 6.75. The van der Waals surface area contributed by atoms with Crippen molar-refractivity contribution in [3.63, 3.8) is 0 Å². The highest BCUT2D eigenvalue weighted by Crippen LogP contribution is 2.31. The second kappa shape index (κ2) is 6.87. The van der Waals surface area contributed by atoms with Crippen LogP contribution in [0.5, 0.6) is 0 Å². The molecule has 4 nitrogen and oxygen atoms in total. The molecular weight excluding hydrogens is 291 g/mol. The molecule has 1 aromatic heterocycles. The van der Waals surface area contributed by atoms with E-state index in [-0.39, 0.29) is 5.56 Å². The van der Waals surface area contributed by atoms with Gasteiger partial charge >= 0.3 is 0 Å². The maximum atomic E-state index is 13.3. The lowest BCUT2D eigenvalue weighted by molar-refractivity contribution is 0.196. The Bertz CT molecular complexity index is 686. The van der Waals surface area contributed by atoms with Gasteiger partial charge in [0.05, 0.1) is 6.10 Å². The summed E-state index contributed by atoms with van der Waals surface area (Å²) in [7, 11) is 0. The van der Waals surface area contributed by atoms with Crippen molar-refractivity contribution in [2.24, 2.45) is 0 Å². The lowest BCUT2D eigenvalue weighted by Crippen LogP contribution is -2.10. The van der Waals surface area contributed by atoms with E-state index in [2.05, 4.69) is 9.97 Å². The van der Waals surface area contributed by atoms with Crippen LogP contribution in [0.1, 0.15) is 37.6 Å². The Morgan fingerprint density at radius 3 is 2.86 bits per heavy atom. The minimum absolute atomic E-state index is 0.211. The topological polar surface area (TPSA) is 66.0 Å². The molecule has 0 spiro atoms. The van der Waals surface area contributed by atoms with Crippen LogP contribution in [0, 0.1) is 5.82 Å². The molecule has 0 saturated heterocycles. The molecule has 1 heterocycles. The van der Waals surface area contributed by atoms with Gasteiger partial charge in [0.15, 0.2) is 5.16 Å². The first-order chi connectivity index (χ1) is 9.99. The molecule has 2 aromatic rings. The van der Waals surface area contributed by atoms with Crippen LogP contribution in [0.3, 0.4) is 0 Å². The SMILES string of the molecule is CCCc1cc(=O)[nH]c(Sc2ccc(F)cc2[C@H](C)O)n1. The Morgan fingerprint density at radius 1 is 1.43 bits per heavy atom. The fourth-order valence-corrected chi connectivity index (χ4v) is 2.97. The second-order valence-electron chi connectivity index (χ2n) is 4.75. The summed E-state index contributed by atoms with van der Waals surface area (Å²) in [5, 5.41) is 10.2. The predicted octanol–water partition coefficient (Wildman–Crippen LogP) is 3.07. The molecule has 0 radical (unpaired) electrons. The van der Waals surface area contributed by atoms with Crippen LogP contribution in [0.2, 0.25) is 0 Å². The molecule has 0 bridgehead atoms. The lowest BCUT2D eigenvalue weighted by atomic mass is 10.1. The largest absolute Gasteiger partial charge is 0.389 e. The van der Waals surface area contributed by atoms with E-state index in [0.29, 0.717) is 15.6 Å². The Morgan fingerprint density at radius 2 is 2.19 bits per heavy atom. The number of H-pyrrole nitrogens is 1. The van der Waals surface area contributed by atoms with Gasteiger partial charge in [0.1, 0.15) is 5.82 Å². The average molecular weight is 308 g/mol.